The molecule has 0 radical (unpaired) electrons. The van der Waals surface area contributed by atoms with E-state index in [1.54, 1.807) is 37.4 Å². The van der Waals surface area contributed by atoms with Crippen molar-refractivity contribution in [3.05, 3.63) is 21.6 Å². The second-order valence-electron chi connectivity index (χ2n) is 5.54. The molecule has 0 unspecified atom stereocenters. The first-order chi connectivity index (χ1) is 13.0. The van der Waals surface area contributed by atoms with E-state index in [0.29, 0.717) is 23.8 Å². The zero-order valence-electron chi connectivity index (χ0n) is 15.3. The van der Waals surface area contributed by atoms with Crippen molar-refractivity contribution in [2.45, 2.75) is 30.9 Å². The average molecular weight is 427 g/mol. The summed E-state index contributed by atoms with van der Waals surface area (Å²) in [6.45, 7) is 4.25. The van der Waals surface area contributed by atoms with E-state index in [9.17, 15) is 9.59 Å². The Balaban J connectivity index is 0.000000194. The Labute approximate surface area is 171 Å². The van der Waals surface area contributed by atoms with Gasteiger partial charge < -0.3 is 15.2 Å². The minimum Gasteiger partial charge on any atom is -0.462 e. The third kappa shape index (κ3) is 5.43. The topological polar surface area (TPSA) is 102 Å². The molecule has 2 aliphatic rings. The van der Waals surface area contributed by atoms with Gasteiger partial charge in [-0.05, 0) is 38.0 Å². The van der Waals surface area contributed by atoms with Gasteiger partial charge in [0.15, 0.2) is 0 Å². The molecule has 3 heterocycles. The highest BCUT2D eigenvalue weighted by Gasteiger charge is 2.25. The Morgan fingerprint density at radius 1 is 1.19 bits per heavy atom. The molecule has 6 nitrogen and oxygen atoms in total. The molecule has 0 aromatic carbocycles. The van der Waals surface area contributed by atoms with E-state index in [2.05, 4.69) is 0 Å². The van der Waals surface area contributed by atoms with Crippen molar-refractivity contribution < 1.29 is 19.1 Å². The van der Waals surface area contributed by atoms with Crippen molar-refractivity contribution in [3.8, 4) is 6.07 Å². The van der Waals surface area contributed by atoms with E-state index in [1.165, 1.54) is 15.5 Å². The monoisotopic (exact) mass is 426 g/mol. The standard InChI is InChI=1S/C9H11NO2S2.C9H11NO2S/c1-2-12-8(11)7-6(10)5-3-4-13-9(5)14-7;1-2-12-9(11)8(5-10)7-3-4-13-6-7/h2-4,10H2,1H3;2-4,6H2,1H3. The molecule has 0 spiro atoms. The van der Waals surface area contributed by atoms with Crippen molar-refractivity contribution in [2.75, 3.05) is 36.2 Å². The number of hydrogen-bond acceptors (Lipinski definition) is 9. The van der Waals surface area contributed by atoms with Gasteiger partial charge in [0.05, 0.1) is 23.1 Å². The maximum Gasteiger partial charge on any atom is 0.350 e. The quantitative estimate of drug-likeness (QED) is 0.442. The Morgan fingerprint density at radius 2 is 1.93 bits per heavy atom. The third-order valence-electron chi connectivity index (χ3n) is 3.83. The maximum atomic E-state index is 11.5. The van der Waals surface area contributed by atoms with Crippen LogP contribution in [0, 0.1) is 11.3 Å². The van der Waals surface area contributed by atoms with Gasteiger partial charge in [0.2, 0.25) is 0 Å². The van der Waals surface area contributed by atoms with Gasteiger partial charge in [-0.1, -0.05) is 0 Å². The molecule has 0 atom stereocenters. The molecule has 1 fully saturated rings. The lowest BCUT2D eigenvalue weighted by atomic mass is 10.1. The van der Waals surface area contributed by atoms with Crippen LogP contribution in [0.5, 0.6) is 0 Å². The molecule has 0 saturated carbocycles. The van der Waals surface area contributed by atoms with Gasteiger partial charge in [-0.15, -0.1) is 23.1 Å². The van der Waals surface area contributed by atoms with E-state index in [4.69, 9.17) is 20.5 Å². The van der Waals surface area contributed by atoms with Crippen molar-refractivity contribution in [1.82, 2.24) is 0 Å². The number of nitrogens with zero attached hydrogens (tertiary/aromatic N) is 1. The van der Waals surface area contributed by atoms with Crippen LogP contribution in [-0.2, 0) is 20.7 Å². The maximum absolute atomic E-state index is 11.5. The van der Waals surface area contributed by atoms with Gasteiger partial charge in [-0.3, -0.25) is 0 Å². The molecular weight excluding hydrogens is 404 g/mol. The Hall–Kier alpha value is -1.63. The zero-order chi connectivity index (χ0) is 19.8. The van der Waals surface area contributed by atoms with Crippen LogP contribution >= 0.6 is 34.9 Å². The van der Waals surface area contributed by atoms with Gasteiger partial charge in [0.1, 0.15) is 16.5 Å². The number of rotatable bonds is 4. The fraction of sp³-hybridized carbons (Fsp3) is 0.500. The second kappa shape index (κ2) is 10.6. The molecule has 146 valence electrons. The number of nitriles is 1. The van der Waals surface area contributed by atoms with Crippen LogP contribution < -0.4 is 5.73 Å². The molecule has 2 N–H and O–H groups in total. The first-order valence-corrected chi connectivity index (χ1v) is 11.6. The molecular formula is C18H22N2O4S3. The lowest BCUT2D eigenvalue weighted by molar-refractivity contribution is -0.138. The van der Waals surface area contributed by atoms with Crippen LogP contribution in [0.3, 0.4) is 0 Å². The fourth-order valence-corrected chi connectivity index (χ4v) is 6.12. The molecule has 0 bridgehead atoms. The highest BCUT2D eigenvalue weighted by Crippen LogP contribution is 2.43. The number of ether oxygens (including phenoxy) is 2. The predicted octanol–water partition coefficient (Wildman–Crippen LogP) is 3.66. The van der Waals surface area contributed by atoms with E-state index in [1.807, 2.05) is 6.07 Å². The van der Waals surface area contributed by atoms with Crippen LogP contribution in [0.4, 0.5) is 5.69 Å². The summed E-state index contributed by atoms with van der Waals surface area (Å²) in [5.74, 6) is 2.11. The summed E-state index contributed by atoms with van der Waals surface area (Å²) in [6.07, 6.45) is 1.81. The van der Waals surface area contributed by atoms with Gasteiger partial charge in [-0.2, -0.15) is 17.0 Å². The van der Waals surface area contributed by atoms with Gasteiger partial charge >= 0.3 is 11.9 Å². The number of esters is 2. The SMILES string of the molecule is CCOC(=O)C(C#N)=C1CCSC1.CCOC(=O)c1sc2c(c1N)CCS2. The summed E-state index contributed by atoms with van der Waals surface area (Å²) in [7, 11) is 0. The highest BCUT2D eigenvalue weighted by atomic mass is 32.2. The average Bonchev–Trinajstić information content (AvgIpc) is 3.37. The smallest absolute Gasteiger partial charge is 0.350 e. The van der Waals surface area contributed by atoms with E-state index in [0.717, 1.165) is 41.2 Å². The van der Waals surface area contributed by atoms with Crippen molar-refractivity contribution in [1.29, 1.82) is 5.26 Å². The van der Waals surface area contributed by atoms with Gasteiger partial charge in [-0.25, -0.2) is 9.59 Å². The number of nitrogen functional groups attached to an aromatic ring is 1. The number of thiophene rings is 1. The summed E-state index contributed by atoms with van der Waals surface area (Å²) in [4.78, 5) is 23.3. The Kier molecular flexibility index (Phi) is 8.54. The van der Waals surface area contributed by atoms with Crippen LogP contribution in [-0.4, -0.2) is 42.4 Å². The lowest BCUT2D eigenvalue weighted by Crippen LogP contribution is -2.08. The molecule has 9 heteroatoms. The Bertz CT molecular complexity index is 772. The number of thioether (sulfide) groups is 2. The van der Waals surface area contributed by atoms with Crippen LogP contribution in [0.25, 0.3) is 0 Å². The van der Waals surface area contributed by atoms with Crippen LogP contribution in [0.15, 0.2) is 15.4 Å². The van der Waals surface area contributed by atoms with Gasteiger partial charge in [0.25, 0.3) is 0 Å². The summed E-state index contributed by atoms with van der Waals surface area (Å²) < 4.78 is 10.9. The molecule has 3 rings (SSSR count). The molecule has 0 amide bonds. The van der Waals surface area contributed by atoms with Crippen molar-refractivity contribution in [2.24, 2.45) is 0 Å². The van der Waals surface area contributed by atoms with Crippen molar-refractivity contribution in [3.63, 3.8) is 0 Å². The fourth-order valence-electron chi connectivity index (χ4n) is 2.54. The first kappa shape index (κ1) is 21.7. The molecule has 0 aliphatic carbocycles. The number of nitrogens with two attached hydrogens (primary N) is 1. The predicted molar refractivity (Wildman–Crippen MR) is 110 cm³/mol. The lowest BCUT2D eigenvalue weighted by Gasteiger charge is -2.01. The third-order valence-corrected chi connectivity index (χ3v) is 7.41. The minimum absolute atomic E-state index is 0.215. The van der Waals surface area contributed by atoms with E-state index >= 15 is 0 Å². The number of hydrogen-bond donors (Lipinski definition) is 1. The Morgan fingerprint density at radius 3 is 2.48 bits per heavy atom. The van der Waals surface area contributed by atoms with Crippen LogP contribution in [0.1, 0.15) is 35.5 Å². The molecule has 1 saturated heterocycles. The minimum atomic E-state index is -0.470. The summed E-state index contributed by atoms with van der Waals surface area (Å²) >= 11 is 4.97. The molecule has 27 heavy (non-hydrogen) atoms. The number of carbonyl (C=O) groups is 2. The summed E-state index contributed by atoms with van der Waals surface area (Å²) in [6, 6.07) is 1.92. The van der Waals surface area contributed by atoms with E-state index in [-0.39, 0.29) is 11.5 Å². The second-order valence-corrected chi connectivity index (χ2v) is 9.03. The molecule has 1 aromatic heterocycles. The highest BCUT2D eigenvalue weighted by molar-refractivity contribution is 8.01. The summed E-state index contributed by atoms with van der Waals surface area (Å²) in [5.41, 5.74) is 8.81. The van der Waals surface area contributed by atoms with E-state index < -0.39 is 5.97 Å². The number of carbonyl (C=O) groups excluding carboxylic acids is 2. The first-order valence-electron chi connectivity index (χ1n) is 8.61. The largest absolute Gasteiger partial charge is 0.462 e. The normalized spacial score (nSPS) is 16.6. The number of anilines is 1. The number of fused-ring (bicyclic) bond motifs is 1. The molecule has 2 aliphatic heterocycles. The van der Waals surface area contributed by atoms with Crippen molar-refractivity contribution >= 4 is 52.5 Å². The summed E-state index contributed by atoms with van der Waals surface area (Å²) in [5, 5.41) is 8.77. The van der Waals surface area contributed by atoms with Crippen LogP contribution in [0.2, 0.25) is 0 Å². The molecule has 1 aromatic rings. The zero-order valence-corrected chi connectivity index (χ0v) is 17.8. The van der Waals surface area contributed by atoms with Gasteiger partial charge in [0, 0.05) is 17.1 Å².